The van der Waals surface area contributed by atoms with Crippen molar-refractivity contribution in [2.75, 3.05) is 13.2 Å². The van der Waals surface area contributed by atoms with Gasteiger partial charge in [0, 0.05) is 6.42 Å². The summed E-state index contributed by atoms with van der Waals surface area (Å²) in [6.45, 7) is 6.99. The zero-order valence-electron chi connectivity index (χ0n) is 39.6. The summed E-state index contributed by atoms with van der Waals surface area (Å²) >= 11 is 0. The Bertz CT molecular complexity index is 2180. The van der Waals surface area contributed by atoms with E-state index in [9.17, 15) is 14.4 Å². The van der Waals surface area contributed by atoms with Gasteiger partial charge in [-0.1, -0.05) is 198 Å². The van der Waals surface area contributed by atoms with Gasteiger partial charge in [-0.3, -0.25) is 4.79 Å². The highest BCUT2D eigenvalue weighted by Gasteiger charge is 2.50. The lowest BCUT2D eigenvalue weighted by molar-refractivity contribution is -0.315. The molecule has 68 heavy (non-hydrogen) atoms. The first-order valence-electron chi connectivity index (χ1n) is 24.0. The molecule has 1 heterocycles. The molecule has 2 N–H and O–H groups in total. The minimum Gasteiger partial charge on any atom is -0.464 e. The van der Waals surface area contributed by atoms with Crippen molar-refractivity contribution in [3.8, 4) is 0 Å². The third-order valence-electron chi connectivity index (χ3n) is 11.7. The van der Waals surface area contributed by atoms with Crippen molar-refractivity contribution in [3.63, 3.8) is 0 Å². The monoisotopic (exact) mass is 928 g/mol. The van der Waals surface area contributed by atoms with E-state index in [1.165, 1.54) is 0 Å². The molecule has 1 aliphatic heterocycles. The number of esters is 1. The third-order valence-corrected chi connectivity index (χ3v) is 11.7. The SMILES string of the molecule is CCCCCCCOC(=O)[C@@H](NC(=O)[C@H](Cc1ccccc1)NC(=O)O[C@H]1O[C@H](COCc2ccccc2)[C@@H](OCc2ccccc2)[C@H](OCc2ccccc2)[C@H]1OCc1ccccc1)C(C)C. The van der Waals surface area contributed by atoms with E-state index in [2.05, 4.69) is 17.6 Å². The zero-order chi connectivity index (χ0) is 47.8. The van der Waals surface area contributed by atoms with E-state index < -0.39 is 60.8 Å². The van der Waals surface area contributed by atoms with Gasteiger partial charge in [0.25, 0.3) is 0 Å². The van der Waals surface area contributed by atoms with E-state index in [1.807, 2.05) is 166 Å². The second-order valence-corrected chi connectivity index (χ2v) is 17.4. The van der Waals surface area contributed by atoms with Crippen LogP contribution in [0.3, 0.4) is 0 Å². The number of unbranched alkanes of at least 4 members (excludes halogenated alkanes) is 4. The van der Waals surface area contributed by atoms with Crippen molar-refractivity contribution in [2.24, 2.45) is 5.92 Å². The van der Waals surface area contributed by atoms with Crippen LogP contribution in [0, 0.1) is 5.92 Å². The smallest absolute Gasteiger partial charge is 0.410 e. The van der Waals surface area contributed by atoms with Crippen LogP contribution >= 0.6 is 0 Å². The summed E-state index contributed by atoms with van der Waals surface area (Å²) in [5.74, 6) is -1.39. The van der Waals surface area contributed by atoms with Gasteiger partial charge >= 0.3 is 12.1 Å². The molecule has 0 aliphatic carbocycles. The van der Waals surface area contributed by atoms with Gasteiger partial charge in [0.2, 0.25) is 12.2 Å². The number of rotatable bonds is 27. The maximum Gasteiger partial charge on any atom is 0.410 e. The highest BCUT2D eigenvalue weighted by molar-refractivity contribution is 5.90. The normalized spacial score (nSPS) is 18.9. The standard InChI is InChI=1S/C56H68N2O10/c1-4-5-6-7-23-34-63-54(60)49(41(2)3)58-53(59)47(35-42-24-13-8-14-25-42)57-56(61)68-55-52(66-39-46-32-21-12-22-33-46)51(65-38-45-30-19-11-20-31-45)50(64-37-44-28-17-10-18-29-44)48(67-55)40-62-36-43-26-15-9-16-27-43/h8-22,24-33,41,47-52,55H,4-7,23,34-40H2,1-3H3,(H,57,61)(H,58,59)/t47-,48+,49-,50+,51-,52+,55+/m0/s1. The molecule has 6 rings (SSSR count). The Morgan fingerprint density at radius 2 is 1.03 bits per heavy atom. The highest BCUT2D eigenvalue weighted by Crippen LogP contribution is 2.32. The molecule has 7 atom stereocenters. The van der Waals surface area contributed by atoms with E-state index in [0.29, 0.717) is 6.61 Å². The maximum atomic E-state index is 14.4. The summed E-state index contributed by atoms with van der Waals surface area (Å²) in [5, 5.41) is 5.69. The fourth-order valence-electron chi connectivity index (χ4n) is 7.90. The number of carbonyl (C=O) groups excluding carboxylic acids is 3. The molecular formula is C56H68N2O10. The molecular weight excluding hydrogens is 861 g/mol. The van der Waals surface area contributed by atoms with Gasteiger partial charge in [0.1, 0.15) is 36.5 Å². The number of carbonyl (C=O) groups is 3. The largest absolute Gasteiger partial charge is 0.464 e. The van der Waals surface area contributed by atoms with Crippen LogP contribution in [0.15, 0.2) is 152 Å². The van der Waals surface area contributed by atoms with Gasteiger partial charge in [-0.2, -0.15) is 0 Å². The van der Waals surface area contributed by atoms with Gasteiger partial charge in [0.05, 0.1) is 39.6 Å². The van der Waals surface area contributed by atoms with Gasteiger partial charge in [-0.15, -0.1) is 0 Å². The first kappa shape index (κ1) is 51.5. The first-order valence-corrected chi connectivity index (χ1v) is 24.0. The number of hydrogen-bond acceptors (Lipinski definition) is 10. The molecule has 12 heteroatoms. The van der Waals surface area contributed by atoms with Crippen molar-refractivity contribution < 1.29 is 47.5 Å². The van der Waals surface area contributed by atoms with Crippen LogP contribution in [0.5, 0.6) is 0 Å². The molecule has 2 amide bonds. The Hall–Kier alpha value is -5.89. The van der Waals surface area contributed by atoms with Crippen molar-refractivity contribution >= 4 is 18.0 Å². The van der Waals surface area contributed by atoms with Crippen molar-refractivity contribution in [2.45, 2.75) is 129 Å². The Kier molecular flexibility index (Phi) is 21.5. The van der Waals surface area contributed by atoms with Gasteiger partial charge in [-0.05, 0) is 40.2 Å². The van der Waals surface area contributed by atoms with Crippen LogP contribution in [-0.2, 0) is 75.6 Å². The molecule has 5 aromatic carbocycles. The molecule has 0 saturated carbocycles. The lowest BCUT2D eigenvalue weighted by atomic mass is 9.97. The number of benzene rings is 5. The average Bonchev–Trinajstić information content (AvgIpc) is 3.36. The summed E-state index contributed by atoms with van der Waals surface area (Å²) in [5.41, 5.74) is 4.49. The number of ether oxygens (including phenoxy) is 7. The quantitative estimate of drug-likeness (QED) is 0.0387. The van der Waals surface area contributed by atoms with Crippen LogP contribution in [0.1, 0.15) is 80.7 Å². The van der Waals surface area contributed by atoms with E-state index >= 15 is 0 Å². The Morgan fingerprint density at radius 3 is 1.54 bits per heavy atom. The van der Waals surface area contributed by atoms with E-state index in [1.54, 1.807) is 0 Å². The molecule has 0 spiro atoms. The molecule has 0 bridgehead atoms. The van der Waals surface area contributed by atoms with Gasteiger partial charge in [-0.25, -0.2) is 9.59 Å². The summed E-state index contributed by atoms with van der Waals surface area (Å²) < 4.78 is 45.2. The number of hydrogen-bond donors (Lipinski definition) is 2. The van der Waals surface area contributed by atoms with Crippen molar-refractivity contribution in [1.82, 2.24) is 10.6 Å². The third kappa shape index (κ3) is 17.0. The van der Waals surface area contributed by atoms with Crippen molar-refractivity contribution in [3.05, 3.63) is 179 Å². The molecule has 0 aromatic heterocycles. The summed E-state index contributed by atoms with van der Waals surface area (Å²) in [6, 6.07) is 46.2. The van der Waals surface area contributed by atoms with Crippen LogP contribution < -0.4 is 10.6 Å². The highest BCUT2D eigenvalue weighted by atomic mass is 16.7. The topological polar surface area (TPSA) is 140 Å². The second-order valence-electron chi connectivity index (χ2n) is 17.4. The van der Waals surface area contributed by atoms with Gasteiger partial charge in [0.15, 0.2) is 0 Å². The first-order chi connectivity index (χ1) is 33.3. The fourth-order valence-corrected chi connectivity index (χ4v) is 7.90. The molecule has 12 nitrogen and oxygen atoms in total. The van der Waals surface area contributed by atoms with Crippen LogP contribution in [-0.4, -0.2) is 74.0 Å². The molecule has 1 aliphatic rings. The van der Waals surface area contributed by atoms with E-state index in [4.69, 9.17) is 33.2 Å². The molecule has 5 aromatic rings. The molecule has 0 unspecified atom stereocenters. The Balaban J connectivity index is 1.28. The number of alkyl carbamates (subject to hydrolysis) is 1. The lowest BCUT2D eigenvalue weighted by Crippen LogP contribution is -2.62. The Morgan fingerprint density at radius 1 is 0.559 bits per heavy atom. The minimum absolute atomic E-state index is 0.0525. The predicted octanol–water partition coefficient (Wildman–Crippen LogP) is 9.68. The molecule has 1 fully saturated rings. The number of nitrogens with one attached hydrogen (secondary N) is 2. The summed E-state index contributed by atoms with van der Waals surface area (Å²) in [7, 11) is 0. The molecule has 362 valence electrons. The summed E-state index contributed by atoms with van der Waals surface area (Å²) in [6.07, 6.45) is -0.656. The molecule has 0 radical (unpaired) electrons. The predicted molar refractivity (Wildman–Crippen MR) is 260 cm³/mol. The van der Waals surface area contributed by atoms with E-state index in [0.717, 1.165) is 59.9 Å². The second kappa shape index (κ2) is 28.4. The summed E-state index contributed by atoms with van der Waals surface area (Å²) in [4.78, 5) is 42.0. The van der Waals surface area contributed by atoms with Crippen molar-refractivity contribution in [1.29, 1.82) is 0 Å². The van der Waals surface area contributed by atoms with Crippen LogP contribution in [0.2, 0.25) is 0 Å². The number of amides is 2. The zero-order valence-corrected chi connectivity index (χ0v) is 39.6. The average molecular weight is 929 g/mol. The Labute approximate surface area is 402 Å². The maximum absolute atomic E-state index is 14.4. The van der Waals surface area contributed by atoms with Crippen LogP contribution in [0.25, 0.3) is 0 Å². The molecule has 1 saturated heterocycles. The minimum atomic E-state index is -1.36. The lowest BCUT2D eigenvalue weighted by Gasteiger charge is -2.45. The fraction of sp³-hybridized carbons (Fsp3) is 0.411. The van der Waals surface area contributed by atoms with Crippen LogP contribution in [0.4, 0.5) is 4.79 Å². The van der Waals surface area contributed by atoms with E-state index in [-0.39, 0.29) is 45.4 Å². The van der Waals surface area contributed by atoms with Gasteiger partial charge < -0.3 is 43.8 Å².